The number of nitrogens with one attached hydrogen (secondary N) is 1. The van der Waals surface area contributed by atoms with Crippen molar-refractivity contribution in [3.05, 3.63) is 0 Å². The maximum Gasteiger partial charge on any atom is 0.0802 e. The first-order valence-corrected chi connectivity index (χ1v) is 5.66. The van der Waals surface area contributed by atoms with Gasteiger partial charge in [0.1, 0.15) is 0 Å². The van der Waals surface area contributed by atoms with Gasteiger partial charge in [0.15, 0.2) is 0 Å². The minimum absolute atomic E-state index is 0.158. The van der Waals surface area contributed by atoms with Gasteiger partial charge in [0.2, 0.25) is 0 Å². The van der Waals surface area contributed by atoms with Crippen LogP contribution in [0, 0.1) is 0 Å². The highest BCUT2D eigenvalue weighted by atomic mass is 16.5. The summed E-state index contributed by atoms with van der Waals surface area (Å²) in [6.45, 7) is 5.74. The van der Waals surface area contributed by atoms with Crippen LogP contribution in [0.3, 0.4) is 0 Å². The van der Waals surface area contributed by atoms with E-state index in [0.29, 0.717) is 0 Å². The summed E-state index contributed by atoms with van der Waals surface area (Å²) in [4.78, 5) is 0. The molecule has 1 fully saturated rings. The Morgan fingerprint density at radius 1 is 1.36 bits per heavy atom. The second-order valence-corrected chi connectivity index (χ2v) is 3.97. The highest BCUT2D eigenvalue weighted by Gasteiger charge is 2.36. The van der Waals surface area contributed by atoms with Crippen LogP contribution >= 0.6 is 0 Å². The average Bonchev–Trinajstić information content (AvgIpc) is 2.15. The lowest BCUT2D eigenvalue weighted by molar-refractivity contribution is -0.0693. The molecule has 1 aliphatic carbocycles. The molecule has 1 saturated carbocycles. The second-order valence-electron chi connectivity index (χ2n) is 3.97. The lowest BCUT2D eigenvalue weighted by atomic mass is 9.80. The van der Waals surface area contributed by atoms with Crippen LogP contribution in [0.25, 0.3) is 0 Å². The Hall–Kier alpha value is -0.120. The molecule has 1 rings (SSSR count). The summed E-state index contributed by atoms with van der Waals surface area (Å²) >= 11 is 0. The molecule has 0 saturated heterocycles. The van der Waals surface area contributed by atoms with E-state index in [-0.39, 0.29) is 5.60 Å². The Morgan fingerprint density at radius 2 is 2.14 bits per heavy atom. The molecule has 0 aromatic heterocycles. The van der Waals surface area contributed by atoms with E-state index in [0.717, 1.165) is 32.7 Å². The van der Waals surface area contributed by atoms with Gasteiger partial charge in [-0.2, -0.15) is 0 Å². The van der Waals surface area contributed by atoms with Gasteiger partial charge in [-0.3, -0.25) is 0 Å². The molecule has 3 nitrogen and oxygen atoms in total. The molecule has 1 N–H and O–H groups in total. The number of methoxy groups -OCH3 is 1. The van der Waals surface area contributed by atoms with E-state index in [1.807, 2.05) is 14.0 Å². The predicted octanol–water partition coefficient (Wildman–Crippen LogP) is 1.57. The summed E-state index contributed by atoms with van der Waals surface area (Å²) in [5.74, 6) is 0. The van der Waals surface area contributed by atoms with Crippen LogP contribution < -0.4 is 5.32 Å². The van der Waals surface area contributed by atoms with E-state index in [4.69, 9.17) is 9.47 Å². The SMILES string of the molecule is CCOCCCNCC1(OC)CCC1. The van der Waals surface area contributed by atoms with Crippen molar-refractivity contribution < 1.29 is 9.47 Å². The zero-order chi connectivity index (χ0) is 10.3. The fourth-order valence-corrected chi connectivity index (χ4v) is 1.78. The highest BCUT2D eigenvalue weighted by molar-refractivity contribution is 4.91. The summed E-state index contributed by atoms with van der Waals surface area (Å²) in [7, 11) is 1.82. The Kier molecular flexibility index (Phi) is 5.45. The summed E-state index contributed by atoms with van der Waals surface area (Å²) in [6.07, 6.45) is 4.83. The van der Waals surface area contributed by atoms with Gasteiger partial charge < -0.3 is 14.8 Å². The quantitative estimate of drug-likeness (QED) is 0.605. The molecule has 14 heavy (non-hydrogen) atoms. The second kappa shape index (κ2) is 6.38. The number of hydrogen-bond donors (Lipinski definition) is 1. The van der Waals surface area contributed by atoms with Crippen LogP contribution in [0.2, 0.25) is 0 Å². The average molecular weight is 201 g/mol. The molecule has 0 atom stereocenters. The van der Waals surface area contributed by atoms with Crippen molar-refractivity contribution in [2.24, 2.45) is 0 Å². The lowest BCUT2D eigenvalue weighted by Gasteiger charge is -2.40. The number of rotatable bonds is 8. The zero-order valence-corrected chi connectivity index (χ0v) is 9.47. The first kappa shape index (κ1) is 12.0. The maximum absolute atomic E-state index is 5.51. The van der Waals surface area contributed by atoms with Gasteiger partial charge in [-0.15, -0.1) is 0 Å². The normalized spacial score (nSPS) is 19.3. The maximum atomic E-state index is 5.51. The fraction of sp³-hybridized carbons (Fsp3) is 1.00. The zero-order valence-electron chi connectivity index (χ0n) is 9.47. The van der Waals surface area contributed by atoms with Gasteiger partial charge in [0.25, 0.3) is 0 Å². The van der Waals surface area contributed by atoms with E-state index in [9.17, 15) is 0 Å². The largest absolute Gasteiger partial charge is 0.382 e. The van der Waals surface area contributed by atoms with Gasteiger partial charge in [0.05, 0.1) is 5.60 Å². The predicted molar refractivity (Wildman–Crippen MR) is 57.6 cm³/mol. The van der Waals surface area contributed by atoms with Crippen molar-refractivity contribution in [3.8, 4) is 0 Å². The van der Waals surface area contributed by atoms with Crippen molar-refractivity contribution >= 4 is 0 Å². The van der Waals surface area contributed by atoms with Gasteiger partial charge in [0, 0.05) is 26.9 Å². The van der Waals surface area contributed by atoms with Gasteiger partial charge >= 0.3 is 0 Å². The summed E-state index contributed by atoms with van der Waals surface area (Å²) < 4.78 is 10.8. The molecule has 0 bridgehead atoms. The minimum Gasteiger partial charge on any atom is -0.382 e. The molecule has 0 spiro atoms. The molecular formula is C11H23NO2. The molecule has 84 valence electrons. The van der Waals surface area contributed by atoms with Gasteiger partial charge in [-0.25, -0.2) is 0 Å². The highest BCUT2D eigenvalue weighted by Crippen LogP contribution is 2.34. The van der Waals surface area contributed by atoms with Crippen molar-refractivity contribution in [3.63, 3.8) is 0 Å². The van der Waals surface area contributed by atoms with Crippen molar-refractivity contribution in [1.82, 2.24) is 5.32 Å². The van der Waals surface area contributed by atoms with E-state index in [1.165, 1.54) is 19.3 Å². The third-order valence-electron chi connectivity index (χ3n) is 2.99. The summed E-state index contributed by atoms with van der Waals surface area (Å²) in [6, 6.07) is 0. The summed E-state index contributed by atoms with van der Waals surface area (Å²) in [5.41, 5.74) is 0.158. The van der Waals surface area contributed by atoms with Crippen LogP contribution in [0.4, 0.5) is 0 Å². The molecule has 1 aliphatic rings. The van der Waals surface area contributed by atoms with E-state index >= 15 is 0 Å². The van der Waals surface area contributed by atoms with Crippen LogP contribution in [-0.2, 0) is 9.47 Å². The Labute approximate surface area is 87.2 Å². The van der Waals surface area contributed by atoms with Gasteiger partial charge in [-0.05, 0) is 39.2 Å². The molecular weight excluding hydrogens is 178 g/mol. The number of ether oxygens (including phenoxy) is 2. The molecule has 0 aliphatic heterocycles. The Bertz CT molecular complexity index is 141. The molecule has 0 radical (unpaired) electrons. The smallest absolute Gasteiger partial charge is 0.0802 e. The standard InChI is InChI=1S/C11H23NO2/c1-3-14-9-5-8-12-10-11(13-2)6-4-7-11/h12H,3-10H2,1-2H3. The van der Waals surface area contributed by atoms with Crippen molar-refractivity contribution in [1.29, 1.82) is 0 Å². The third-order valence-corrected chi connectivity index (χ3v) is 2.99. The minimum atomic E-state index is 0.158. The first-order chi connectivity index (χ1) is 6.83. The summed E-state index contributed by atoms with van der Waals surface area (Å²) in [5, 5.41) is 3.43. The molecule has 3 heteroatoms. The van der Waals surface area contributed by atoms with Crippen LogP contribution in [0.1, 0.15) is 32.6 Å². The topological polar surface area (TPSA) is 30.5 Å². The molecule has 0 unspecified atom stereocenters. The van der Waals surface area contributed by atoms with Crippen molar-refractivity contribution in [2.75, 3.05) is 33.4 Å². The number of hydrogen-bond acceptors (Lipinski definition) is 3. The third kappa shape index (κ3) is 3.56. The van der Waals surface area contributed by atoms with Crippen molar-refractivity contribution in [2.45, 2.75) is 38.2 Å². The van der Waals surface area contributed by atoms with Crippen LogP contribution in [-0.4, -0.2) is 39.0 Å². The molecule has 0 aromatic rings. The van der Waals surface area contributed by atoms with Crippen LogP contribution in [0.5, 0.6) is 0 Å². The fourth-order valence-electron chi connectivity index (χ4n) is 1.78. The molecule has 0 amide bonds. The van der Waals surface area contributed by atoms with E-state index < -0.39 is 0 Å². The lowest BCUT2D eigenvalue weighted by Crippen LogP contribution is -2.48. The van der Waals surface area contributed by atoms with Gasteiger partial charge in [-0.1, -0.05) is 0 Å². The first-order valence-electron chi connectivity index (χ1n) is 5.66. The Morgan fingerprint density at radius 3 is 2.64 bits per heavy atom. The Balaban J connectivity index is 1.92. The molecule has 0 heterocycles. The molecule has 0 aromatic carbocycles. The van der Waals surface area contributed by atoms with Crippen LogP contribution in [0.15, 0.2) is 0 Å². The van der Waals surface area contributed by atoms with E-state index in [2.05, 4.69) is 5.32 Å². The monoisotopic (exact) mass is 201 g/mol. The van der Waals surface area contributed by atoms with E-state index in [1.54, 1.807) is 0 Å².